The molecule has 18 heavy (non-hydrogen) atoms. The fraction of sp³-hybridized carbons (Fsp3) is 0.417. The summed E-state index contributed by atoms with van der Waals surface area (Å²) in [4.78, 5) is 11.3. The van der Waals surface area contributed by atoms with Crippen LogP contribution >= 0.6 is 11.8 Å². The van der Waals surface area contributed by atoms with Crippen molar-refractivity contribution in [3.63, 3.8) is 0 Å². The molecule has 0 bridgehead atoms. The molecular weight excluding hydrogens is 258 g/mol. The maximum Gasteiger partial charge on any atom is 0.230 e. The summed E-state index contributed by atoms with van der Waals surface area (Å²) < 4.78 is 26.8. The number of halogens is 2. The molecule has 1 aliphatic carbocycles. The summed E-state index contributed by atoms with van der Waals surface area (Å²) in [6.45, 7) is 0.659. The SMILES string of the molecule is Nc1cc(F)c(SCC(=O)NCC2CC2)c(F)c1. The van der Waals surface area contributed by atoms with E-state index >= 15 is 0 Å². The number of rotatable bonds is 5. The van der Waals surface area contributed by atoms with E-state index in [9.17, 15) is 13.6 Å². The van der Waals surface area contributed by atoms with Crippen LogP contribution in [0.1, 0.15) is 12.8 Å². The van der Waals surface area contributed by atoms with Crippen LogP contribution in [0.4, 0.5) is 14.5 Å². The van der Waals surface area contributed by atoms with E-state index in [4.69, 9.17) is 5.73 Å². The van der Waals surface area contributed by atoms with Crippen LogP contribution < -0.4 is 11.1 Å². The number of nitrogens with one attached hydrogen (secondary N) is 1. The van der Waals surface area contributed by atoms with Gasteiger partial charge in [-0.05, 0) is 30.9 Å². The number of amides is 1. The summed E-state index contributed by atoms with van der Waals surface area (Å²) in [6.07, 6.45) is 2.29. The lowest BCUT2D eigenvalue weighted by Crippen LogP contribution is -2.27. The number of carbonyl (C=O) groups excluding carboxylic acids is 1. The van der Waals surface area contributed by atoms with Gasteiger partial charge in [-0.1, -0.05) is 0 Å². The van der Waals surface area contributed by atoms with Gasteiger partial charge in [0.1, 0.15) is 11.6 Å². The largest absolute Gasteiger partial charge is 0.399 e. The smallest absolute Gasteiger partial charge is 0.230 e. The Morgan fingerprint density at radius 1 is 1.39 bits per heavy atom. The number of hydrogen-bond acceptors (Lipinski definition) is 3. The van der Waals surface area contributed by atoms with Crippen LogP contribution in [-0.4, -0.2) is 18.2 Å². The molecule has 0 heterocycles. The van der Waals surface area contributed by atoms with E-state index < -0.39 is 11.6 Å². The lowest BCUT2D eigenvalue weighted by Gasteiger charge is -2.06. The average molecular weight is 272 g/mol. The topological polar surface area (TPSA) is 55.1 Å². The van der Waals surface area contributed by atoms with Crippen LogP contribution in [0.5, 0.6) is 0 Å². The van der Waals surface area contributed by atoms with Gasteiger partial charge in [0.2, 0.25) is 5.91 Å². The highest BCUT2D eigenvalue weighted by molar-refractivity contribution is 8.00. The lowest BCUT2D eigenvalue weighted by atomic mass is 10.3. The Morgan fingerprint density at radius 2 is 2.00 bits per heavy atom. The van der Waals surface area contributed by atoms with Gasteiger partial charge in [-0.25, -0.2) is 8.78 Å². The quantitative estimate of drug-likeness (QED) is 0.638. The van der Waals surface area contributed by atoms with Crippen molar-refractivity contribution in [1.29, 1.82) is 0 Å². The third-order valence-corrected chi connectivity index (χ3v) is 3.74. The minimum absolute atomic E-state index is 0.00444. The van der Waals surface area contributed by atoms with Gasteiger partial charge in [-0.2, -0.15) is 0 Å². The van der Waals surface area contributed by atoms with Gasteiger partial charge >= 0.3 is 0 Å². The van der Waals surface area contributed by atoms with Crippen molar-refractivity contribution in [3.05, 3.63) is 23.8 Å². The Labute approximate surface area is 108 Å². The van der Waals surface area contributed by atoms with Gasteiger partial charge < -0.3 is 11.1 Å². The number of carbonyl (C=O) groups is 1. The lowest BCUT2D eigenvalue weighted by molar-refractivity contribution is -0.118. The Kier molecular flexibility index (Phi) is 4.06. The number of nitrogen functional groups attached to an aromatic ring is 1. The van der Waals surface area contributed by atoms with E-state index in [0.717, 1.165) is 36.7 Å². The van der Waals surface area contributed by atoms with Crippen LogP contribution in [-0.2, 0) is 4.79 Å². The summed E-state index contributed by atoms with van der Waals surface area (Å²) in [5, 5.41) is 2.74. The molecule has 1 aliphatic rings. The molecule has 3 nitrogen and oxygen atoms in total. The molecule has 1 amide bonds. The van der Waals surface area contributed by atoms with Crippen LogP contribution in [0.3, 0.4) is 0 Å². The second-order valence-corrected chi connectivity index (χ2v) is 5.34. The molecule has 98 valence electrons. The second kappa shape index (κ2) is 5.56. The Bertz CT molecular complexity index is 440. The van der Waals surface area contributed by atoms with Gasteiger partial charge in [-0.15, -0.1) is 11.8 Å². The van der Waals surface area contributed by atoms with E-state index in [1.807, 2.05) is 0 Å². The van der Waals surface area contributed by atoms with Crippen molar-refractivity contribution in [2.75, 3.05) is 18.0 Å². The van der Waals surface area contributed by atoms with Gasteiger partial charge in [0.15, 0.2) is 0 Å². The molecule has 0 saturated heterocycles. The molecule has 0 atom stereocenters. The number of nitrogens with two attached hydrogens (primary N) is 1. The Morgan fingerprint density at radius 3 is 2.56 bits per heavy atom. The van der Waals surface area contributed by atoms with E-state index in [2.05, 4.69) is 5.32 Å². The van der Waals surface area contributed by atoms with Crippen LogP contribution in [0.25, 0.3) is 0 Å². The predicted molar refractivity (Wildman–Crippen MR) is 67.2 cm³/mol. The number of benzene rings is 1. The summed E-state index contributed by atoms with van der Waals surface area (Å²) in [7, 11) is 0. The zero-order valence-corrected chi connectivity index (χ0v) is 10.5. The zero-order chi connectivity index (χ0) is 13.1. The maximum absolute atomic E-state index is 13.4. The molecule has 0 unspecified atom stereocenters. The molecule has 3 N–H and O–H groups in total. The van der Waals surface area contributed by atoms with Crippen LogP contribution in [0, 0.1) is 17.6 Å². The normalized spacial score (nSPS) is 14.6. The van der Waals surface area contributed by atoms with Crippen molar-refractivity contribution in [3.8, 4) is 0 Å². The summed E-state index contributed by atoms with van der Waals surface area (Å²) >= 11 is 0.845. The zero-order valence-electron chi connectivity index (χ0n) is 9.71. The number of hydrogen-bond donors (Lipinski definition) is 2. The molecule has 2 rings (SSSR count). The molecule has 0 aromatic heterocycles. The monoisotopic (exact) mass is 272 g/mol. The van der Waals surface area contributed by atoms with Crippen LogP contribution in [0.15, 0.2) is 17.0 Å². The highest BCUT2D eigenvalue weighted by atomic mass is 32.2. The summed E-state index contributed by atoms with van der Waals surface area (Å²) in [5.41, 5.74) is 5.34. The van der Waals surface area contributed by atoms with Gasteiger partial charge in [0.25, 0.3) is 0 Å². The molecule has 6 heteroatoms. The minimum Gasteiger partial charge on any atom is -0.399 e. The van der Waals surface area contributed by atoms with E-state index in [1.165, 1.54) is 0 Å². The van der Waals surface area contributed by atoms with E-state index in [0.29, 0.717) is 12.5 Å². The first kappa shape index (κ1) is 13.1. The summed E-state index contributed by atoms with van der Waals surface area (Å²) in [5.74, 6) is -1.07. The molecule has 1 saturated carbocycles. The Balaban J connectivity index is 1.86. The average Bonchev–Trinajstić information content (AvgIpc) is 3.08. The standard InChI is InChI=1S/C12H14F2N2OS/c13-9-3-8(15)4-10(14)12(9)18-6-11(17)16-5-7-1-2-7/h3-4,7H,1-2,5-6,15H2,(H,16,17). The summed E-state index contributed by atoms with van der Waals surface area (Å²) in [6, 6.07) is 2.10. The molecular formula is C12H14F2N2OS. The van der Waals surface area contributed by atoms with Crippen molar-refractivity contribution in [2.24, 2.45) is 5.92 Å². The van der Waals surface area contributed by atoms with E-state index in [-0.39, 0.29) is 22.2 Å². The molecule has 1 fully saturated rings. The van der Waals surface area contributed by atoms with Gasteiger partial charge in [0.05, 0.1) is 10.6 Å². The maximum atomic E-state index is 13.4. The first-order chi connectivity index (χ1) is 8.56. The van der Waals surface area contributed by atoms with Crippen molar-refractivity contribution in [2.45, 2.75) is 17.7 Å². The highest BCUT2D eigenvalue weighted by Gasteiger charge is 2.21. The van der Waals surface area contributed by atoms with Crippen molar-refractivity contribution in [1.82, 2.24) is 5.32 Å². The Hall–Kier alpha value is -1.30. The molecule has 1 aromatic carbocycles. The molecule has 1 aromatic rings. The fourth-order valence-corrected chi connectivity index (χ4v) is 2.26. The first-order valence-corrected chi connectivity index (χ1v) is 6.69. The highest BCUT2D eigenvalue weighted by Crippen LogP contribution is 2.28. The fourth-order valence-electron chi connectivity index (χ4n) is 1.49. The first-order valence-electron chi connectivity index (χ1n) is 5.70. The molecule has 0 radical (unpaired) electrons. The second-order valence-electron chi connectivity index (χ2n) is 4.35. The number of thioether (sulfide) groups is 1. The van der Waals surface area contributed by atoms with Crippen molar-refractivity contribution < 1.29 is 13.6 Å². The van der Waals surface area contributed by atoms with E-state index in [1.54, 1.807) is 0 Å². The minimum atomic E-state index is -0.729. The number of anilines is 1. The van der Waals surface area contributed by atoms with Crippen molar-refractivity contribution >= 4 is 23.4 Å². The van der Waals surface area contributed by atoms with Crippen LogP contribution in [0.2, 0.25) is 0 Å². The third-order valence-electron chi connectivity index (χ3n) is 2.65. The molecule has 0 aliphatic heterocycles. The van der Waals surface area contributed by atoms with Gasteiger partial charge in [0, 0.05) is 12.2 Å². The molecule has 0 spiro atoms. The predicted octanol–water partition coefficient (Wildman–Crippen LogP) is 2.17. The van der Waals surface area contributed by atoms with Gasteiger partial charge in [-0.3, -0.25) is 4.79 Å². The third kappa shape index (κ3) is 3.60.